The Bertz CT molecular complexity index is 1520. The van der Waals surface area contributed by atoms with Crippen LogP contribution in [0, 0.1) is 0 Å². The van der Waals surface area contributed by atoms with Crippen LogP contribution in [-0.4, -0.2) is 23.4 Å². The predicted molar refractivity (Wildman–Crippen MR) is 121 cm³/mol. The van der Waals surface area contributed by atoms with Crippen molar-refractivity contribution in [3.05, 3.63) is 109 Å². The van der Waals surface area contributed by atoms with Crippen molar-refractivity contribution in [3.8, 4) is 0 Å². The number of benzene rings is 4. The minimum absolute atomic E-state index is 0. The summed E-state index contributed by atoms with van der Waals surface area (Å²) in [6, 6.07) is 29.1. The van der Waals surface area contributed by atoms with Gasteiger partial charge in [0.2, 0.25) is 0 Å². The summed E-state index contributed by atoms with van der Waals surface area (Å²) in [5.74, 6) is 0. The third-order valence-corrected chi connectivity index (χ3v) is 6.08. The molecule has 0 unspecified atom stereocenters. The molecule has 0 fully saturated rings. The fourth-order valence-corrected chi connectivity index (χ4v) is 4.17. The molecule has 1 heterocycles. The Morgan fingerprint density at radius 3 is 2.22 bits per heavy atom. The topological polar surface area (TPSA) is 74.1 Å². The van der Waals surface area contributed by atoms with Crippen LogP contribution in [0.1, 0.15) is 6.99 Å². The van der Waals surface area contributed by atoms with Crippen LogP contribution in [0.2, 0.25) is 0 Å². The van der Waals surface area contributed by atoms with Crippen molar-refractivity contribution in [2.45, 2.75) is 4.90 Å². The Kier molecular flexibility index (Phi) is 6.43. The molecule has 32 heavy (non-hydrogen) atoms. The second kappa shape index (κ2) is 9.26. The molecule has 8 heteroatoms. The fourth-order valence-electron chi connectivity index (χ4n) is 3.35. The molecule has 5 rings (SSSR count). The third-order valence-electron chi connectivity index (χ3n) is 4.88. The first kappa shape index (κ1) is 22.2. The monoisotopic (exact) mass is 451 g/mol. The van der Waals surface area contributed by atoms with E-state index in [4.69, 9.17) is 4.18 Å². The van der Waals surface area contributed by atoms with Gasteiger partial charge in [0.1, 0.15) is 27.9 Å². The summed E-state index contributed by atoms with van der Waals surface area (Å²) in [6.45, 7) is 0. The molecular formula is C24H18N3NaO3S. The molecule has 154 valence electrons. The van der Waals surface area contributed by atoms with Crippen LogP contribution in [0.25, 0.3) is 27.5 Å². The molecule has 0 saturated carbocycles. The Morgan fingerprint density at radius 1 is 0.812 bits per heavy atom. The molecule has 0 spiro atoms. The van der Waals surface area contributed by atoms with Gasteiger partial charge in [-0.2, -0.15) is 8.42 Å². The minimum atomic E-state index is -3.98. The van der Waals surface area contributed by atoms with Crippen LogP contribution in [0.4, 0.5) is 0 Å². The van der Waals surface area contributed by atoms with E-state index in [1.165, 1.54) is 23.2 Å². The molecule has 0 amide bonds. The van der Waals surface area contributed by atoms with Gasteiger partial charge >= 0.3 is 39.7 Å². The number of hydrogen-bond donors (Lipinski definition) is 0. The smallest absolute Gasteiger partial charge is 1.00 e. The number of rotatable bonds is 5. The van der Waals surface area contributed by atoms with Gasteiger partial charge in [-0.1, -0.05) is 78.9 Å². The maximum Gasteiger partial charge on any atom is 1.00 e. The summed E-state index contributed by atoms with van der Waals surface area (Å²) in [6.07, 6.45) is 1.18. The van der Waals surface area contributed by atoms with Gasteiger partial charge in [0.25, 0.3) is 0 Å². The zero-order chi connectivity index (χ0) is 21.3. The van der Waals surface area contributed by atoms with Gasteiger partial charge in [-0.3, -0.25) is 0 Å². The molecule has 0 bridgehead atoms. The van der Waals surface area contributed by atoms with E-state index in [-0.39, 0.29) is 35.9 Å². The average Bonchev–Trinajstić information content (AvgIpc) is 3.25. The van der Waals surface area contributed by atoms with Gasteiger partial charge < -0.3 is 5.61 Å². The SMILES string of the molecule is O=S(=O)(OC=C(c1ccccc1)n1nc2ccc3ccccc3c2n1)c1ccccc1.[H-].[Na+]. The van der Waals surface area contributed by atoms with Crippen LogP contribution in [0.5, 0.6) is 0 Å². The molecule has 1 aromatic heterocycles. The van der Waals surface area contributed by atoms with Crippen LogP contribution in [0.15, 0.2) is 108 Å². The number of fused-ring (bicyclic) bond motifs is 3. The van der Waals surface area contributed by atoms with Crippen molar-refractivity contribution in [1.82, 2.24) is 15.0 Å². The van der Waals surface area contributed by atoms with E-state index in [1.807, 2.05) is 66.7 Å². The van der Waals surface area contributed by atoms with Gasteiger partial charge in [-0.15, -0.1) is 15.0 Å². The molecule has 0 aliphatic carbocycles. The third kappa shape index (κ3) is 4.33. The summed E-state index contributed by atoms with van der Waals surface area (Å²) < 4.78 is 30.5. The van der Waals surface area contributed by atoms with Crippen molar-refractivity contribution in [3.63, 3.8) is 0 Å². The number of hydrogen-bond acceptors (Lipinski definition) is 5. The van der Waals surface area contributed by atoms with E-state index in [0.29, 0.717) is 11.2 Å². The maximum atomic E-state index is 12.6. The zero-order valence-electron chi connectivity index (χ0n) is 18.3. The van der Waals surface area contributed by atoms with Gasteiger partial charge in [0.05, 0.1) is 0 Å². The average molecular weight is 451 g/mol. The Hall–Kier alpha value is -2.97. The van der Waals surface area contributed by atoms with E-state index in [0.717, 1.165) is 21.9 Å². The van der Waals surface area contributed by atoms with Crippen molar-refractivity contribution in [2.24, 2.45) is 0 Å². The molecule has 0 radical (unpaired) electrons. The van der Waals surface area contributed by atoms with Crippen LogP contribution in [0.3, 0.4) is 0 Å². The van der Waals surface area contributed by atoms with Crippen LogP contribution in [-0.2, 0) is 14.3 Å². The van der Waals surface area contributed by atoms with Gasteiger partial charge in [0, 0.05) is 10.9 Å². The molecule has 6 nitrogen and oxygen atoms in total. The molecule has 0 atom stereocenters. The van der Waals surface area contributed by atoms with E-state index >= 15 is 0 Å². The zero-order valence-corrected chi connectivity index (χ0v) is 20.1. The molecule has 0 saturated heterocycles. The first-order valence-electron chi connectivity index (χ1n) is 9.61. The summed E-state index contributed by atoms with van der Waals surface area (Å²) >= 11 is 0. The van der Waals surface area contributed by atoms with E-state index < -0.39 is 10.1 Å². The first-order valence-corrected chi connectivity index (χ1v) is 11.0. The van der Waals surface area contributed by atoms with Crippen molar-refractivity contribution in [2.75, 3.05) is 0 Å². The van der Waals surface area contributed by atoms with Gasteiger partial charge in [-0.25, -0.2) is 0 Å². The summed E-state index contributed by atoms with van der Waals surface area (Å²) in [4.78, 5) is 1.48. The van der Waals surface area contributed by atoms with E-state index in [2.05, 4.69) is 10.2 Å². The molecular weight excluding hydrogens is 433 g/mol. The first-order chi connectivity index (χ1) is 15.1. The summed E-state index contributed by atoms with van der Waals surface area (Å²) in [7, 11) is -3.98. The predicted octanol–water partition coefficient (Wildman–Crippen LogP) is 1.95. The normalized spacial score (nSPS) is 11.9. The molecule has 5 aromatic rings. The number of aromatic nitrogens is 3. The Balaban J connectivity index is 0.00000153. The van der Waals surface area contributed by atoms with Crippen LogP contribution >= 0.6 is 0 Å². The van der Waals surface area contributed by atoms with Crippen molar-refractivity contribution < 1.29 is 43.6 Å². The summed E-state index contributed by atoms with van der Waals surface area (Å²) in [5, 5.41) is 11.2. The molecule has 4 aromatic carbocycles. The standard InChI is InChI=1S/C24H17N3O3S.Na.H/c28-31(29,20-12-5-2-6-13-20)30-17-23(19-10-3-1-4-11-19)27-25-22-16-15-18-9-7-8-14-21(18)24(22)26-27;;/h1-17H;;/q;+1;-1. The van der Waals surface area contributed by atoms with Crippen molar-refractivity contribution >= 4 is 37.6 Å². The Morgan fingerprint density at radius 2 is 1.47 bits per heavy atom. The summed E-state index contributed by atoms with van der Waals surface area (Å²) in [5.41, 5.74) is 2.55. The maximum absolute atomic E-state index is 12.6. The van der Waals surface area contributed by atoms with E-state index in [1.54, 1.807) is 18.2 Å². The van der Waals surface area contributed by atoms with Gasteiger partial charge in [0.15, 0.2) is 0 Å². The quantitative estimate of drug-likeness (QED) is 0.232. The van der Waals surface area contributed by atoms with Crippen LogP contribution < -0.4 is 29.6 Å². The van der Waals surface area contributed by atoms with E-state index in [9.17, 15) is 8.42 Å². The molecule has 0 aliphatic heterocycles. The second-order valence-corrected chi connectivity index (χ2v) is 8.45. The number of nitrogens with zero attached hydrogens (tertiary/aromatic N) is 3. The van der Waals surface area contributed by atoms with Gasteiger partial charge in [-0.05, 0) is 23.6 Å². The Labute approximate surface area is 209 Å². The minimum Gasteiger partial charge on any atom is -1.00 e. The fraction of sp³-hybridized carbons (Fsp3) is 0. The second-order valence-electron chi connectivity index (χ2n) is 6.88. The largest absolute Gasteiger partial charge is 1.00 e. The molecule has 0 aliphatic rings. The van der Waals surface area contributed by atoms with Crippen molar-refractivity contribution in [1.29, 1.82) is 0 Å². The molecule has 0 N–H and O–H groups in total.